The van der Waals surface area contributed by atoms with Crippen LogP contribution in [0.4, 0.5) is 0 Å². The largest absolute Gasteiger partial charge is 0.497 e. The smallest absolute Gasteiger partial charge is 0.255 e. The molecule has 1 fully saturated rings. The molecule has 22 heavy (non-hydrogen) atoms. The van der Waals surface area contributed by atoms with Crippen LogP contribution < -0.4 is 14.8 Å². The van der Waals surface area contributed by atoms with Gasteiger partial charge in [0.25, 0.3) is 5.91 Å². The van der Waals surface area contributed by atoms with Crippen LogP contribution in [0, 0.1) is 0 Å². The maximum Gasteiger partial charge on any atom is 0.255 e. The second-order valence-electron chi connectivity index (χ2n) is 5.58. The molecule has 1 amide bonds. The lowest BCUT2D eigenvalue weighted by atomic mass is 10.1. The summed E-state index contributed by atoms with van der Waals surface area (Å²) in [6, 6.07) is 5.24. The van der Waals surface area contributed by atoms with Crippen molar-refractivity contribution in [3.05, 3.63) is 23.8 Å². The van der Waals surface area contributed by atoms with Crippen LogP contribution >= 0.6 is 0 Å². The first kappa shape index (κ1) is 16.6. The van der Waals surface area contributed by atoms with Gasteiger partial charge in [0, 0.05) is 6.54 Å². The average molecular weight is 306 g/mol. The van der Waals surface area contributed by atoms with E-state index in [2.05, 4.69) is 10.2 Å². The zero-order valence-electron chi connectivity index (χ0n) is 13.6. The molecule has 1 heterocycles. The third kappa shape index (κ3) is 4.63. The fourth-order valence-electron chi connectivity index (χ4n) is 2.77. The van der Waals surface area contributed by atoms with E-state index in [0.717, 1.165) is 13.0 Å². The summed E-state index contributed by atoms with van der Waals surface area (Å²) in [5.74, 6) is 1.10. The van der Waals surface area contributed by atoms with Gasteiger partial charge in [0.1, 0.15) is 11.5 Å². The number of ether oxygens (including phenoxy) is 2. The van der Waals surface area contributed by atoms with E-state index >= 15 is 0 Å². The molecule has 0 atom stereocenters. The molecule has 1 N–H and O–H groups in total. The third-order valence-electron chi connectivity index (χ3n) is 4.04. The Morgan fingerprint density at radius 2 is 1.95 bits per heavy atom. The highest BCUT2D eigenvalue weighted by Crippen LogP contribution is 2.23. The van der Waals surface area contributed by atoms with E-state index in [9.17, 15) is 4.79 Å². The SMILES string of the molecule is COc1ccc(OC)c(C(=O)NCCCN2CCCCC2)c1. The quantitative estimate of drug-likeness (QED) is 0.786. The van der Waals surface area contributed by atoms with Crippen LogP contribution in [-0.4, -0.2) is 51.2 Å². The van der Waals surface area contributed by atoms with Gasteiger partial charge in [-0.05, 0) is 57.1 Å². The molecule has 0 saturated carbocycles. The van der Waals surface area contributed by atoms with E-state index < -0.39 is 0 Å². The fraction of sp³-hybridized carbons (Fsp3) is 0.588. The molecular weight excluding hydrogens is 280 g/mol. The maximum absolute atomic E-state index is 12.3. The van der Waals surface area contributed by atoms with E-state index in [0.29, 0.717) is 23.6 Å². The molecule has 2 rings (SSSR count). The monoisotopic (exact) mass is 306 g/mol. The van der Waals surface area contributed by atoms with Crippen molar-refractivity contribution in [3.8, 4) is 11.5 Å². The van der Waals surface area contributed by atoms with Crippen LogP contribution in [0.5, 0.6) is 11.5 Å². The van der Waals surface area contributed by atoms with Crippen LogP contribution in [0.3, 0.4) is 0 Å². The van der Waals surface area contributed by atoms with Gasteiger partial charge in [-0.25, -0.2) is 0 Å². The molecule has 0 aromatic heterocycles. The molecule has 0 bridgehead atoms. The van der Waals surface area contributed by atoms with Crippen LogP contribution in [0.15, 0.2) is 18.2 Å². The van der Waals surface area contributed by atoms with Crippen molar-refractivity contribution in [2.45, 2.75) is 25.7 Å². The Labute approximate surface area is 132 Å². The van der Waals surface area contributed by atoms with Gasteiger partial charge in [0.2, 0.25) is 0 Å². The molecule has 5 nitrogen and oxygen atoms in total. The van der Waals surface area contributed by atoms with Crippen molar-refractivity contribution in [1.82, 2.24) is 10.2 Å². The summed E-state index contributed by atoms with van der Waals surface area (Å²) in [5, 5.41) is 2.96. The van der Waals surface area contributed by atoms with Gasteiger partial charge in [0.05, 0.1) is 19.8 Å². The van der Waals surface area contributed by atoms with Crippen LogP contribution in [0.2, 0.25) is 0 Å². The highest BCUT2D eigenvalue weighted by Gasteiger charge is 2.14. The number of amides is 1. The van der Waals surface area contributed by atoms with Crippen molar-refractivity contribution in [2.24, 2.45) is 0 Å². The van der Waals surface area contributed by atoms with Gasteiger partial charge < -0.3 is 19.7 Å². The molecule has 1 aromatic carbocycles. The Morgan fingerprint density at radius 1 is 1.18 bits per heavy atom. The Bertz CT molecular complexity index is 485. The molecule has 5 heteroatoms. The van der Waals surface area contributed by atoms with E-state index in [1.165, 1.54) is 32.4 Å². The Morgan fingerprint density at radius 3 is 2.64 bits per heavy atom. The van der Waals surface area contributed by atoms with Crippen molar-refractivity contribution in [2.75, 3.05) is 40.4 Å². The normalized spacial score (nSPS) is 15.4. The number of nitrogens with zero attached hydrogens (tertiary/aromatic N) is 1. The predicted molar refractivity (Wildman–Crippen MR) is 86.8 cm³/mol. The molecule has 1 aliphatic rings. The van der Waals surface area contributed by atoms with Crippen LogP contribution in [0.25, 0.3) is 0 Å². The fourth-order valence-corrected chi connectivity index (χ4v) is 2.77. The van der Waals surface area contributed by atoms with E-state index in [1.54, 1.807) is 32.4 Å². The zero-order valence-corrected chi connectivity index (χ0v) is 13.6. The average Bonchev–Trinajstić information content (AvgIpc) is 2.58. The summed E-state index contributed by atoms with van der Waals surface area (Å²) >= 11 is 0. The maximum atomic E-state index is 12.3. The first-order valence-electron chi connectivity index (χ1n) is 7.97. The molecule has 0 unspecified atom stereocenters. The van der Waals surface area contributed by atoms with Gasteiger partial charge >= 0.3 is 0 Å². The lowest BCUT2D eigenvalue weighted by Crippen LogP contribution is -2.33. The number of likely N-dealkylation sites (tertiary alicyclic amines) is 1. The van der Waals surface area contributed by atoms with Gasteiger partial charge in [-0.15, -0.1) is 0 Å². The number of nitrogens with one attached hydrogen (secondary N) is 1. The van der Waals surface area contributed by atoms with Crippen molar-refractivity contribution < 1.29 is 14.3 Å². The summed E-state index contributed by atoms with van der Waals surface area (Å²) < 4.78 is 10.4. The predicted octanol–water partition coefficient (Wildman–Crippen LogP) is 2.31. The minimum atomic E-state index is -0.116. The molecule has 0 spiro atoms. The molecular formula is C17H26N2O3. The highest BCUT2D eigenvalue weighted by atomic mass is 16.5. The molecule has 0 aliphatic carbocycles. The second kappa shape index (κ2) is 8.63. The first-order valence-corrected chi connectivity index (χ1v) is 7.97. The van der Waals surface area contributed by atoms with Crippen LogP contribution in [-0.2, 0) is 0 Å². The lowest BCUT2D eigenvalue weighted by molar-refractivity contribution is 0.0947. The topological polar surface area (TPSA) is 50.8 Å². The number of piperidine rings is 1. The number of benzene rings is 1. The standard InChI is InChI=1S/C17H26N2O3/c1-21-14-7-8-16(22-2)15(13-14)17(20)18-9-6-12-19-10-4-3-5-11-19/h7-8,13H,3-6,9-12H2,1-2H3,(H,18,20). The number of hydrogen-bond donors (Lipinski definition) is 1. The summed E-state index contributed by atoms with van der Waals surface area (Å²) in [7, 11) is 3.15. The molecule has 1 aliphatic heterocycles. The Hall–Kier alpha value is -1.75. The van der Waals surface area contributed by atoms with E-state index in [4.69, 9.17) is 9.47 Å². The minimum absolute atomic E-state index is 0.116. The molecule has 1 aromatic rings. The first-order chi connectivity index (χ1) is 10.7. The molecule has 122 valence electrons. The van der Waals surface area contributed by atoms with Gasteiger partial charge in [0.15, 0.2) is 0 Å². The van der Waals surface area contributed by atoms with Gasteiger partial charge in [-0.1, -0.05) is 6.42 Å². The summed E-state index contributed by atoms with van der Waals surface area (Å²) in [4.78, 5) is 14.8. The molecule has 1 saturated heterocycles. The number of methoxy groups -OCH3 is 2. The zero-order chi connectivity index (χ0) is 15.8. The minimum Gasteiger partial charge on any atom is -0.497 e. The van der Waals surface area contributed by atoms with Gasteiger partial charge in [-0.2, -0.15) is 0 Å². The Balaban J connectivity index is 1.81. The Kier molecular flexibility index (Phi) is 6.52. The summed E-state index contributed by atoms with van der Waals surface area (Å²) in [5.41, 5.74) is 0.514. The lowest BCUT2D eigenvalue weighted by Gasteiger charge is -2.26. The van der Waals surface area contributed by atoms with E-state index in [-0.39, 0.29) is 5.91 Å². The van der Waals surface area contributed by atoms with Crippen molar-refractivity contribution >= 4 is 5.91 Å². The van der Waals surface area contributed by atoms with Crippen molar-refractivity contribution in [1.29, 1.82) is 0 Å². The summed E-state index contributed by atoms with van der Waals surface area (Å²) in [6.45, 7) is 4.11. The molecule has 0 radical (unpaired) electrons. The second-order valence-corrected chi connectivity index (χ2v) is 5.58. The third-order valence-corrected chi connectivity index (χ3v) is 4.04. The van der Waals surface area contributed by atoms with Crippen molar-refractivity contribution in [3.63, 3.8) is 0 Å². The van der Waals surface area contributed by atoms with E-state index in [1.807, 2.05) is 0 Å². The van der Waals surface area contributed by atoms with Crippen LogP contribution in [0.1, 0.15) is 36.0 Å². The van der Waals surface area contributed by atoms with Gasteiger partial charge in [-0.3, -0.25) is 4.79 Å². The number of carbonyl (C=O) groups is 1. The number of hydrogen-bond acceptors (Lipinski definition) is 4. The number of rotatable bonds is 7. The number of carbonyl (C=O) groups excluding carboxylic acids is 1. The highest BCUT2D eigenvalue weighted by molar-refractivity contribution is 5.97. The summed E-state index contributed by atoms with van der Waals surface area (Å²) in [6.07, 6.45) is 4.92.